The van der Waals surface area contributed by atoms with E-state index in [1.807, 2.05) is 34.6 Å². The van der Waals surface area contributed by atoms with E-state index in [4.69, 9.17) is 10.1 Å². The lowest BCUT2D eigenvalue weighted by Crippen LogP contribution is -2.43. The van der Waals surface area contributed by atoms with Gasteiger partial charge in [-0.3, -0.25) is 0 Å². The summed E-state index contributed by atoms with van der Waals surface area (Å²) in [4.78, 5) is 11.8. The fraction of sp³-hybridized carbons (Fsp3) is 0.750. The maximum atomic E-state index is 11.8. The van der Waals surface area contributed by atoms with E-state index in [2.05, 4.69) is 12.2 Å². The number of nitrogens with one attached hydrogen (secondary N) is 2. The first-order chi connectivity index (χ1) is 9.38. The predicted molar refractivity (Wildman–Crippen MR) is 83.8 cm³/mol. The maximum absolute atomic E-state index is 11.8. The topological polar surface area (TPSA) is 82.4 Å². The van der Waals surface area contributed by atoms with Crippen LogP contribution < -0.4 is 5.32 Å². The zero-order chi connectivity index (χ0) is 16.5. The molecule has 0 saturated heterocycles. The van der Waals surface area contributed by atoms with Crippen LogP contribution >= 0.6 is 0 Å². The number of aliphatic hydroxyl groups excluding tert-OH is 1. The van der Waals surface area contributed by atoms with Crippen molar-refractivity contribution in [1.29, 1.82) is 5.41 Å². The molecule has 5 heteroatoms. The highest BCUT2D eigenvalue weighted by Gasteiger charge is 2.41. The van der Waals surface area contributed by atoms with Crippen LogP contribution in [0.1, 0.15) is 54.4 Å². The molecule has 0 aromatic carbocycles. The third-order valence-corrected chi connectivity index (χ3v) is 3.66. The molecule has 0 saturated carbocycles. The average Bonchev–Trinajstić information content (AvgIpc) is 2.29. The van der Waals surface area contributed by atoms with Gasteiger partial charge < -0.3 is 20.6 Å². The first kappa shape index (κ1) is 17.5. The van der Waals surface area contributed by atoms with Gasteiger partial charge in [0.15, 0.2) is 0 Å². The van der Waals surface area contributed by atoms with Gasteiger partial charge in [0.05, 0.1) is 0 Å². The third kappa shape index (κ3) is 4.76. The van der Waals surface area contributed by atoms with E-state index < -0.39 is 17.1 Å². The number of rotatable bonds is 3. The predicted octanol–water partition coefficient (Wildman–Crippen LogP) is 3.80. The van der Waals surface area contributed by atoms with Gasteiger partial charge in [-0.1, -0.05) is 20.8 Å². The van der Waals surface area contributed by atoms with Crippen LogP contribution in [0.15, 0.2) is 11.3 Å². The molecule has 1 aliphatic carbocycles. The number of allylic oxidation sites excluding steroid dienone is 2. The van der Waals surface area contributed by atoms with Crippen molar-refractivity contribution >= 4 is 12.3 Å². The molecule has 1 amide bonds. The molecule has 0 aliphatic heterocycles. The van der Waals surface area contributed by atoms with Crippen molar-refractivity contribution in [3.05, 3.63) is 11.3 Å². The second-order valence-electron chi connectivity index (χ2n) is 7.92. The number of aliphatic hydroxyl groups is 1. The Kier molecular flexibility index (Phi) is 4.76. The fourth-order valence-corrected chi connectivity index (χ4v) is 3.04. The number of hydrogen-bond donors (Lipinski definition) is 3. The number of amides is 1. The zero-order valence-electron chi connectivity index (χ0n) is 14.0. The van der Waals surface area contributed by atoms with Gasteiger partial charge in [0, 0.05) is 23.7 Å². The molecule has 0 aromatic heterocycles. The first-order valence-corrected chi connectivity index (χ1v) is 7.28. The lowest BCUT2D eigenvalue weighted by Gasteiger charge is -2.42. The van der Waals surface area contributed by atoms with E-state index in [1.54, 1.807) is 0 Å². The molecular weight excluding hydrogens is 268 g/mol. The van der Waals surface area contributed by atoms with Crippen LogP contribution in [0.5, 0.6) is 0 Å². The van der Waals surface area contributed by atoms with Crippen molar-refractivity contribution in [2.24, 2.45) is 10.8 Å². The summed E-state index contributed by atoms with van der Waals surface area (Å²) < 4.78 is 5.24. The van der Waals surface area contributed by atoms with Gasteiger partial charge in [0.25, 0.3) is 0 Å². The van der Waals surface area contributed by atoms with E-state index >= 15 is 0 Å². The quantitative estimate of drug-likeness (QED) is 0.693. The number of carbonyl (C=O) groups excluding carboxylic acids is 1. The van der Waals surface area contributed by atoms with Crippen LogP contribution in [0.2, 0.25) is 0 Å². The van der Waals surface area contributed by atoms with Gasteiger partial charge in [0.2, 0.25) is 0 Å². The molecule has 0 aromatic rings. The summed E-state index contributed by atoms with van der Waals surface area (Å²) in [6.07, 6.45) is 2.08. The van der Waals surface area contributed by atoms with Crippen molar-refractivity contribution in [1.82, 2.24) is 5.32 Å². The minimum atomic E-state index is -0.519. The Labute approximate surface area is 127 Å². The van der Waals surface area contributed by atoms with Crippen LogP contribution in [0, 0.1) is 16.2 Å². The second-order valence-corrected chi connectivity index (χ2v) is 7.92. The van der Waals surface area contributed by atoms with E-state index in [9.17, 15) is 9.90 Å². The van der Waals surface area contributed by atoms with Gasteiger partial charge >= 0.3 is 6.09 Å². The Morgan fingerprint density at radius 3 is 2.48 bits per heavy atom. The Balaban J connectivity index is 2.76. The molecule has 0 heterocycles. The second kappa shape index (κ2) is 5.70. The van der Waals surface area contributed by atoms with Crippen LogP contribution in [0.25, 0.3) is 0 Å². The van der Waals surface area contributed by atoms with Gasteiger partial charge in [-0.25, -0.2) is 4.79 Å². The Hall–Kier alpha value is -1.52. The lowest BCUT2D eigenvalue weighted by molar-refractivity contribution is 0.0474. The highest BCUT2D eigenvalue weighted by molar-refractivity contribution is 5.77. The largest absolute Gasteiger partial charge is 0.511 e. The molecule has 1 unspecified atom stereocenters. The summed E-state index contributed by atoms with van der Waals surface area (Å²) in [5, 5.41) is 20.4. The molecule has 0 radical (unpaired) electrons. The SMILES string of the molecule is CC1(CNC(=O)OC(C)(C)C)CC(C=N)=C(O)C(C)(C)C1. The fourth-order valence-electron chi connectivity index (χ4n) is 3.04. The summed E-state index contributed by atoms with van der Waals surface area (Å²) in [7, 11) is 0. The molecule has 21 heavy (non-hydrogen) atoms. The van der Waals surface area contributed by atoms with E-state index in [1.165, 1.54) is 6.21 Å². The van der Waals surface area contributed by atoms with E-state index in [0.29, 0.717) is 18.5 Å². The summed E-state index contributed by atoms with van der Waals surface area (Å²) in [6, 6.07) is 0. The number of hydrogen-bond acceptors (Lipinski definition) is 4. The van der Waals surface area contributed by atoms with E-state index in [-0.39, 0.29) is 11.2 Å². The summed E-state index contributed by atoms with van der Waals surface area (Å²) >= 11 is 0. The molecule has 1 atom stereocenters. The lowest BCUT2D eigenvalue weighted by atomic mass is 9.64. The van der Waals surface area contributed by atoms with Gasteiger partial charge in [0.1, 0.15) is 11.4 Å². The number of carbonyl (C=O) groups is 1. The summed E-state index contributed by atoms with van der Waals surface area (Å²) in [5.74, 6) is 0.284. The minimum absolute atomic E-state index is 0.209. The molecule has 120 valence electrons. The minimum Gasteiger partial charge on any atom is -0.511 e. The average molecular weight is 296 g/mol. The third-order valence-electron chi connectivity index (χ3n) is 3.66. The smallest absolute Gasteiger partial charge is 0.407 e. The van der Waals surface area contributed by atoms with Gasteiger partial charge in [-0.2, -0.15) is 0 Å². The Morgan fingerprint density at radius 1 is 1.43 bits per heavy atom. The van der Waals surface area contributed by atoms with Crippen LogP contribution in [-0.4, -0.2) is 29.6 Å². The van der Waals surface area contributed by atoms with Gasteiger partial charge in [-0.15, -0.1) is 0 Å². The molecule has 0 fully saturated rings. The highest BCUT2D eigenvalue weighted by atomic mass is 16.6. The van der Waals surface area contributed by atoms with Crippen molar-refractivity contribution in [3.63, 3.8) is 0 Å². The molecule has 0 spiro atoms. The van der Waals surface area contributed by atoms with Crippen molar-refractivity contribution in [3.8, 4) is 0 Å². The monoisotopic (exact) mass is 296 g/mol. The maximum Gasteiger partial charge on any atom is 0.407 e. The van der Waals surface area contributed by atoms with Crippen LogP contribution in [0.4, 0.5) is 4.79 Å². The van der Waals surface area contributed by atoms with Crippen LogP contribution in [-0.2, 0) is 4.74 Å². The summed E-state index contributed by atoms with van der Waals surface area (Å²) in [6.45, 7) is 11.9. The summed E-state index contributed by atoms with van der Waals surface area (Å²) in [5.41, 5.74) is -0.482. The number of ether oxygens (including phenoxy) is 1. The molecule has 5 nitrogen and oxygen atoms in total. The van der Waals surface area contributed by atoms with Crippen molar-refractivity contribution in [2.45, 2.75) is 60.0 Å². The molecule has 0 bridgehead atoms. The Bertz CT molecular complexity index is 461. The Morgan fingerprint density at radius 2 is 2.00 bits per heavy atom. The van der Waals surface area contributed by atoms with Crippen molar-refractivity contribution < 1.29 is 14.6 Å². The van der Waals surface area contributed by atoms with Gasteiger partial charge in [-0.05, 0) is 39.0 Å². The molecule has 3 N–H and O–H groups in total. The zero-order valence-corrected chi connectivity index (χ0v) is 14.0. The standard InChI is InChI=1S/C16H28N2O3/c1-14(2,3)21-13(20)18-10-16(6)7-11(8-17)12(19)15(4,5)9-16/h8,17,19H,7,9-10H2,1-6H3,(H,18,20). The normalized spacial score (nSPS) is 25.4. The highest BCUT2D eigenvalue weighted by Crippen LogP contribution is 2.47. The molecule has 1 rings (SSSR count). The first-order valence-electron chi connectivity index (χ1n) is 7.28. The number of alkyl carbamates (subject to hydrolysis) is 1. The molecule has 1 aliphatic rings. The van der Waals surface area contributed by atoms with E-state index in [0.717, 1.165) is 6.42 Å². The molecular formula is C16H28N2O3. The van der Waals surface area contributed by atoms with Crippen LogP contribution in [0.3, 0.4) is 0 Å². The van der Waals surface area contributed by atoms with Crippen molar-refractivity contribution in [2.75, 3.05) is 6.54 Å².